The summed E-state index contributed by atoms with van der Waals surface area (Å²) in [5.41, 5.74) is 0.553. The molecule has 0 aromatic rings. The van der Waals surface area contributed by atoms with E-state index in [4.69, 9.17) is 11.6 Å². The van der Waals surface area contributed by atoms with Gasteiger partial charge in [0.25, 0.3) is 0 Å². The molecule has 1 rings (SSSR count). The third kappa shape index (κ3) is 2.29. The van der Waals surface area contributed by atoms with Crippen LogP contribution in [-0.2, 0) is 0 Å². The molecule has 0 aromatic heterocycles. The van der Waals surface area contributed by atoms with Gasteiger partial charge in [-0.3, -0.25) is 0 Å². The van der Waals surface area contributed by atoms with Gasteiger partial charge in [0.15, 0.2) is 0 Å². The molecule has 0 aliphatic heterocycles. The standard InChI is InChI=1S/C9H17ClS/c1-8-6-9(8,7-10)4-3-5-11-2/h8H,3-7H2,1-2H3. The van der Waals surface area contributed by atoms with Crippen LogP contribution in [0.15, 0.2) is 0 Å². The highest BCUT2D eigenvalue weighted by Crippen LogP contribution is 2.56. The van der Waals surface area contributed by atoms with Crippen molar-refractivity contribution in [2.75, 3.05) is 17.9 Å². The Kier molecular flexibility index (Phi) is 3.57. The van der Waals surface area contributed by atoms with E-state index < -0.39 is 0 Å². The Hall–Kier alpha value is 0.640. The van der Waals surface area contributed by atoms with Crippen LogP contribution in [0, 0.1) is 11.3 Å². The maximum atomic E-state index is 5.92. The van der Waals surface area contributed by atoms with Gasteiger partial charge in [-0.2, -0.15) is 11.8 Å². The molecule has 0 aromatic carbocycles. The summed E-state index contributed by atoms with van der Waals surface area (Å²) in [5, 5.41) is 0. The average Bonchev–Trinajstić information content (AvgIpc) is 2.64. The number of thioether (sulfide) groups is 1. The van der Waals surface area contributed by atoms with Crippen molar-refractivity contribution in [1.82, 2.24) is 0 Å². The largest absolute Gasteiger partial charge is 0.165 e. The van der Waals surface area contributed by atoms with E-state index in [-0.39, 0.29) is 0 Å². The Balaban J connectivity index is 2.14. The molecule has 0 radical (unpaired) electrons. The second-order valence-corrected chi connectivity index (χ2v) is 4.95. The van der Waals surface area contributed by atoms with Crippen LogP contribution in [0.2, 0.25) is 0 Å². The fourth-order valence-electron chi connectivity index (χ4n) is 1.72. The summed E-state index contributed by atoms with van der Waals surface area (Å²) in [4.78, 5) is 0. The molecule has 0 saturated heterocycles. The molecular weight excluding hydrogens is 176 g/mol. The maximum absolute atomic E-state index is 5.92. The van der Waals surface area contributed by atoms with Crippen molar-refractivity contribution < 1.29 is 0 Å². The lowest BCUT2D eigenvalue weighted by atomic mass is 10.0. The van der Waals surface area contributed by atoms with Crippen molar-refractivity contribution in [2.24, 2.45) is 11.3 Å². The monoisotopic (exact) mass is 192 g/mol. The van der Waals surface area contributed by atoms with Gasteiger partial charge in [-0.1, -0.05) is 6.92 Å². The van der Waals surface area contributed by atoms with Crippen LogP contribution in [-0.4, -0.2) is 17.9 Å². The minimum Gasteiger partial charge on any atom is -0.165 e. The Bertz CT molecular complexity index is 123. The van der Waals surface area contributed by atoms with Crippen molar-refractivity contribution in [3.8, 4) is 0 Å². The lowest BCUT2D eigenvalue weighted by Gasteiger charge is -2.11. The predicted molar refractivity (Wildman–Crippen MR) is 54.6 cm³/mol. The fraction of sp³-hybridized carbons (Fsp3) is 1.00. The molecule has 0 N–H and O–H groups in total. The van der Waals surface area contributed by atoms with Gasteiger partial charge in [-0.25, -0.2) is 0 Å². The minimum atomic E-state index is 0.553. The van der Waals surface area contributed by atoms with Crippen molar-refractivity contribution in [1.29, 1.82) is 0 Å². The van der Waals surface area contributed by atoms with E-state index in [0.29, 0.717) is 5.41 Å². The highest BCUT2D eigenvalue weighted by Gasteiger charge is 2.49. The highest BCUT2D eigenvalue weighted by molar-refractivity contribution is 7.98. The number of halogens is 1. The molecule has 0 bridgehead atoms. The topological polar surface area (TPSA) is 0 Å². The van der Waals surface area contributed by atoms with Gasteiger partial charge in [-0.15, -0.1) is 11.6 Å². The molecule has 0 spiro atoms. The van der Waals surface area contributed by atoms with E-state index in [2.05, 4.69) is 13.2 Å². The van der Waals surface area contributed by atoms with Gasteiger partial charge in [0.2, 0.25) is 0 Å². The normalized spacial score (nSPS) is 35.7. The van der Waals surface area contributed by atoms with Gasteiger partial charge in [0.05, 0.1) is 0 Å². The SMILES string of the molecule is CSCCCC1(CCl)CC1C. The Morgan fingerprint density at radius 1 is 1.64 bits per heavy atom. The maximum Gasteiger partial charge on any atom is 0.0282 e. The molecule has 1 fully saturated rings. The quantitative estimate of drug-likeness (QED) is 0.476. The predicted octanol–water partition coefficient (Wildman–Crippen LogP) is 3.39. The second-order valence-electron chi connectivity index (χ2n) is 3.70. The first-order valence-electron chi connectivity index (χ1n) is 4.30. The summed E-state index contributed by atoms with van der Waals surface area (Å²) in [7, 11) is 0. The first-order valence-corrected chi connectivity index (χ1v) is 6.23. The Morgan fingerprint density at radius 2 is 2.27 bits per heavy atom. The lowest BCUT2D eigenvalue weighted by molar-refractivity contribution is 0.477. The summed E-state index contributed by atoms with van der Waals surface area (Å²) in [6.07, 6.45) is 6.23. The molecule has 2 heteroatoms. The van der Waals surface area contributed by atoms with E-state index in [9.17, 15) is 0 Å². The van der Waals surface area contributed by atoms with Crippen molar-refractivity contribution in [2.45, 2.75) is 26.2 Å². The van der Waals surface area contributed by atoms with E-state index in [1.807, 2.05) is 11.8 Å². The summed E-state index contributed by atoms with van der Waals surface area (Å²) in [6.45, 7) is 2.32. The Labute approximate surface area is 79.1 Å². The summed E-state index contributed by atoms with van der Waals surface area (Å²) in [5.74, 6) is 3.07. The van der Waals surface area contributed by atoms with Crippen LogP contribution < -0.4 is 0 Å². The summed E-state index contributed by atoms with van der Waals surface area (Å²) < 4.78 is 0. The fourth-order valence-corrected chi connectivity index (χ4v) is 2.66. The zero-order valence-corrected chi connectivity index (χ0v) is 8.97. The second kappa shape index (κ2) is 4.04. The third-order valence-corrected chi connectivity index (χ3v) is 4.12. The number of alkyl halides is 1. The third-order valence-electron chi connectivity index (χ3n) is 2.89. The highest BCUT2D eigenvalue weighted by atomic mass is 35.5. The van der Waals surface area contributed by atoms with Crippen LogP contribution in [0.5, 0.6) is 0 Å². The molecule has 0 heterocycles. The number of hydrogen-bond donors (Lipinski definition) is 0. The first kappa shape index (κ1) is 9.73. The zero-order chi connectivity index (χ0) is 8.32. The zero-order valence-electron chi connectivity index (χ0n) is 7.40. The molecule has 2 atom stereocenters. The van der Waals surface area contributed by atoms with Crippen LogP contribution in [0.4, 0.5) is 0 Å². The van der Waals surface area contributed by atoms with E-state index in [0.717, 1.165) is 11.8 Å². The van der Waals surface area contributed by atoms with Gasteiger partial charge in [-0.05, 0) is 42.6 Å². The summed E-state index contributed by atoms with van der Waals surface area (Å²) >= 11 is 7.86. The first-order chi connectivity index (χ1) is 5.25. The van der Waals surface area contributed by atoms with Crippen LogP contribution in [0.1, 0.15) is 26.2 Å². The Morgan fingerprint density at radius 3 is 2.64 bits per heavy atom. The van der Waals surface area contributed by atoms with Gasteiger partial charge < -0.3 is 0 Å². The minimum absolute atomic E-state index is 0.553. The average molecular weight is 193 g/mol. The van der Waals surface area contributed by atoms with Crippen LogP contribution in [0.25, 0.3) is 0 Å². The molecule has 0 nitrogen and oxygen atoms in total. The van der Waals surface area contributed by atoms with E-state index >= 15 is 0 Å². The molecule has 1 aliphatic rings. The molecular formula is C9H17ClS. The number of rotatable bonds is 5. The van der Waals surface area contributed by atoms with Crippen molar-refractivity contribution >= 4 is 23.4 Å². The number of hydrogen-bond acceptors (Lipinski definition) is 1. The van der Waals surface area contributed by atoms with Gasteiger partial charge >= 0.3 is 0 Å². The van der Waals surface area contributed by atoms with E-state index in [1.165, 1.54) is 25.0 Å². The van der Waals surface area contributed by atoms with Crippen molar-refractivity contribution in [3.05, 3.63) is 0 Å². The summed E-state index contributed by atoms with van der Waals surface area (Å²) in [6, 6.07) is 0. The molecule has 1 saturated carbocycles. The smallest absolute Gasteiger partial charge is 0.0282 e. The molecule has 0 amide bonds. The van der Waals surface area contributed by atoms with Crippen molar-refractivity contribution in [3.63, 3.8) is 0 Å². The molecule has 1 aliphatic carbocycles. The molecule has 66 valence electrons. The lowest BCUT2D eigenvalue weighted by Crippen LogP contribution is -2.05. The van der Waals surface area contributed by atoms with Crippen LogP contribution >= 0.6 is 23.4 Å². The van der Waals surface area contributed by atoms with Crippen LogP contribution in [0.3, 0.4) is 0 Å². The van der Waals surface area contributed by atoms with Gasteiger partial charge in [0.1, 0.15) is 0 Å². The van der Waals surface area contributed by atoms with Gasteiger partial charge in [0, 0.05) is 5.88 Å². The molecule has 2 unspecified atom stereocenters. The molecule has 11 heavy (non-hydrogen) atoms. The van der Waals surface area contributed by atoms with E-state index in [1.54, 1.807) is 0 Å².